The summed E-state index contributed by atoms with van der Waals surface area (Å²) in [7, 11) is -4.45. The molecule has 0 spiro atoms. The third-order valence-corrected chi connectivity index (χ3v) is 7.38. The Morgan fingerprint density at radius 1 is 1.09 bits per heavy atom. The molecule has 19 heteroatoms. The maximum atomic E-state index is 13.5. The minimum atomic E-state index is -4.72. The summed E-state index contributed by atoms with van der Waals surface area (Å²) in [5.74, 6) is 0. The van der Waals surface area contributed by atoms with Crippen LogP contribution in [0.4, 0.5) is 22.8 Å². The molecule has 1 N–H and O–H groups in total. The fourth-order valence-electron chi connectivity index (χ4n) is 3.87. The zero-order valence-corrected chi connectivity index (χ0v) is 25.7. The number of sulfonamides is 1. The second-order valence-electron chi connectivity index (χ2n) is 10.9. The molecular formula is C27H29F3N6O9S. The van der Waals surface area contributed by atoms with Crippen LogP contribution < -0.4 is 4.72 Å². The number of carbonyl (C=O) groups is 2. The van der Waals surface area contributed by atoms with E-state index in [9.17, 15) is 36.4 Å². The van der Waals surface area contributed by atoms with E-state index in [0.717, 1.165) is 33.5 Å². The molecule has 1 saturated heterocycles. The van der Waals surface area contributed by atoms with Crippen LogP contribution >= 0.6 is 0 Å². The Kier molecular flexibility index (Phi) is 9.64. The molecule has 2 aromatic carbocycles. The van der Waals surface area contributed by atoms with Crippen LogP contribution in [0.5, 0.6) is 0 Å². The van der Waals surface area contributed by atoms with Crippen LogP contribution in [0.15, 0.2) is 64.8 Å². The van der Waals surface area contributed by atoms with E-state index in [1.54, 1.807) is 49.8 Å². The predicted octanol–water partition coefficient (Wildman–Crippen LogP) is 4.68. The van der Waals surface area contributed by atoms with Gasteiger partial charge in [0, 0.05) is 5.56 Å². The van der Waals surface area contributed by atoms with Gasteiger partial charge in [-0.25, -0.2) is 27.4 Å². The molecule has 46 heavy (non-hydrogen) atoms. The maximum absolute atomic E-state index is 13.5. The molecule has 0 saturated carbocycles. The SMILES string of the molecule is Cc1ccc(-c2cc(C(F)(F)F)nn2-c2ccc(S(=O)(=O)NC(=O)OC3CN([N+]([O-])=NOCOC(=O)OC(C)(C)C)C3)cc2)cc1. The van der Waals surface area contributed by atoms with Gasteiger partial charge in [-0.2, -0.15) is 18.3 Å². The van der Waals surface area contributed by atoms with Gasteiger partial charge in [-0.3, -0.25) is 0 Å². The quantitative estimate of drug-likeness (QED) is 0.0835. The zero-order valence-electron chi connectivity index (χ0n) is 24.8. The molecule has 15 nitrogen and oxygen atoms in total. The van der Waals surface area contributed by atoms with Crippen molar-refractivity contribution in [3.05, 3.63) is 71.1 Å². The van der Waals surface area contributed by atoms with Gasteiger partial charge in [-0.15, -0.1) is 5.01 Å². The number of benzene rings is 2. The Bertz CT molecular complexity index is 1700. The summed E-state index contributed by atoms with van der Waals surface area (Å²) in [6.07, 6.45) is -7.94. The lowest BCUT2D eigenvalue weighted by Crippen LogP contribution is -2.56. The van der Waals surface area contributed by atoms with Crippen LogP contribution in [-0.4, -0.2) is 72.0 Å². The van der Waals surface area contributed by atoms with E-state index in [1.807, 2.05) is 6.92 Å². The average Bonchev–Trinajstić information content (AvgIpc) is 3.38. The summed E-state index contributed by atoms with van der Waals surface area (Å²) in [4.78, 5) is 27.9. The van der Waals surface area contributed by atoms with Crippen LogP contribution in [0.3, 0.4) is 0 Å². The maximum Gasteiger partial charge on any atom is 0.511 e. The van der Waals surface area contributed by atoms with Crippen LogP contribution in [0.1, 0.15) is 32.0 Å². The standard InChI is InChI=1S/C27H29F3N6O9S/c1-17-5-7-18(8-6-17)22-13-23(27(28,29)30)31-35(22)19-9-11-21(12-10-19)46(40,41)32-24(37)44-20-14-34(15-20)36(39)33-43-16-42-25(38)45-26(2,3)4/h5-13,20H,14-16H2,1-4H3,(H,32,37). The van der Waals surface area contributed by atoms with Gasteiger partial charge < -0.3 is 24.3 Å². The number of aromatic nitrogens is 2. The third kappa shape index (κ3) is 8.77. The van der Waals surface area contributed by atoms with E-state index in [1.165, 1.54) is 12.1 Å². The number of amides is 1. The summed E-state index contributed by atoms with van der Waals surface area (Å²) >= 11 is 0. The number of hydrazine groups is 1. The molecule has 1 amide bonds. The Labute approximate surface area is 260 Å². The van der Waals surface area contributed by atoms with Crippen molar-refractivity contribution in [1.29, 1.82) is 0 Å². The number of carbonyl (C=O) groups excluding carboxylic acids is 2. The lowest BCUT2D eigenvalue weighted by molar-refractivity contribution is -0.727. The molecule has 2 heterocycles. The monoisotopic (exact) mass is 670 g/mol. The number of halogens is 3. The number of nitrogens with zero attached hydrogens (tertiary/aromatic N) is 5. The fourth-order valence-corrected chi connectivity index (χ4v) is 4.75. The van der Waals surface area contributed by atoms with Crippen LogP contribution in [0.25, 0.3) is 16.9 Å². The number of nitrogens with one attached hydrogen (secondary N) is 1. The van der Waals surface area contributed by atoms with Gasteiger partial charge >= 0.3 is 18.4 Å². The molecule has 248 valence electrons. The van der Waals surface area contributed by atoms with Gasteiger partial charge in [0.1, 0.15) is 24.8 Å². The minimum Gasteiger partial charge on any atom is -0.569 e. The predicted molar refractivity (Wildman–Crippen MR) is 150 cm³/mol. The second-order valence-corrected chi connectivity index (χ2v) is 12.6. The molecule has 3 aromatic rings. The highest BCUT2D eigenvalue weighted by Crippen LogP contribution is 2.33. The van der Waals surface area contributed by atoms with Crippen LogP contribution in [0.2, 0.25) is 0 Å². The largest absolute Gasteiger partial charge is 0.569 e. The summed E-state index contributed by atoms with van der Waals surface area (Å²) in [6.45, 7) is 5.69. The van der Waals surface area contributed by atoms with E-state index in [0.29, 0.717) is 5.56 Å². The van der Waals surface area contributed by atoms with Crippen molar-refractivity contribution in [2.75, 3.05) is 19.9 Å². The Morgan fingerprint density at radius 2 is 1.72 bits per heavy atom. The summed E-state index contributed by atoms with van der Waals surface area (Å²) < 4.78 is 83.1. The molecule has 1 fully saturated rings. The number of alkyl halides is 3. The number of aryl methyl sites for hydroxylation is 1. The number of hydrogen-bond donors (Lipinski definition) is 1. The molecule has 1 aliphatic heterocycles. The molecule has 0 bridgehead atoms. The van der Waals surface area contributed by atoms with Gasteiger partial charge in [0.2, 0.25) is 5.28 Å². The van der Waals surface area contributed by atoms with Crippen molar-refractivity contribution in [2.45, 2.75) is 50.5 Å². The highest BCUT2D eigenvalue weighted by molar-refractivity contribution is 7.90. The van der Waals surface area contributed by atoms with Gasteiger partial charge in [-0.1, -0.05) is 29.8 Å². The van der Waals surface area contributed by atoms with Gasteiger partial charge in [0.25, 0.3) is 16.8 Å². The molecule has 4 rings (SSSR count). The summed E-state index contributed by atoms with van der Waals surface area (Å²) in [6, 6.07) is 12.3. The summed E-state index contributed by atoms with van der Waals surface area (Å²) in [5, 5.41) is 19.8. The zero-order chi connectivity index (χ0) is 33.9. The molecule has 0 atom stereocenters. The molecule has 1 aromatic heterocycles. The number of ether oxygens (including phenoxy) is 3. The Morgan fingerprint density at radius 3 is 2.30 bits per heavy atom. The fraction of sp³-hybridized carbons (Fsp3) is 0.370. The first kappa shape index (κ1) is 33.8. The molecule has 0 aliphatic carbocycles. The first-order valence-corrected chi connectivity index (χ1v) is 14.9. The van der Waals surface area contributed by atoms with Crippen LogP contribution in [-0.2, 0) is 35.2 Å². The summed E-state index contributed by atoms with van der Waals surface area (Å²) in [5.41, 5.74) is -0.301. The number of hydrogen-bond acceptors (Lipinski definition) is 11. The van der Waals surface area contributed by atoms with Gasteiger partial charge in [0.15, 0.2) is 5.69 Å². The topological polar surface area (TPSA) is 177 Å². The van der Waals surface area contributed by atoms with E-state index in [-0.39, 0.29) is 34.3 Å². The lowest BCUT2D eigenvalue weighted by atomic mass is 10.1. The van der Waals surface area contributed by atoms with E-state index in [2.05, 4.69) is 20.0 Å². The minimum absolute atomic E-state index is 0.0238. The molecule has 1 aliphatic rings. The van der Waals surface area contributed by atoms with Gasteiger partial charge in [-0.05, 0) is 58.0 Å². The second kappa shape index (κ2) is 13.1. The molecular weight excluding hydrogens is 641 g/mol. The van der Waals surface area contributed by atoms with E-state index >= 15 is 0 Å². The smallest absolute Gasteiger partial charge is 0.511 e. The van der Waals surface area contributed by atoms with Gasteiger partial charge in [0.05, 0.1) is 21.2 Å². The van der Waals surface area contributed by atoms with Crippen molar-refractivity contribution in [3.8, 4) is 16.9 Å². The molecule has 0 radical (unpaired) electrons. The van der Waals surface area contributed by atoms with E-state index < -0.39 is 52.6 Å². The average molecular weight is 671 g/mol. The third-order valence-electron chi connectivity index (χ3n) is 6.05. The van der Waals surface area contributed by atoms with Crippen molar-refractivity contribution in [2.24, 2.45) is 5.28 Å². The number of rotatable bonds is 9. The normalized spacial score (nSPS) is 14.3. The van der Waals surface area contributed by atoms with Crippen molar-refractivity contribution in [3.63, 3.8) is 0 Å². The lowest BCUT2D eigenvalue weighted by Gasteiger charge is -2.33. The van der Waals surface area contributed by atoms with E-state index in [4.69, 9.17) is 9.47 Å². The molecule has 0 unspecified atom stereocenters. The highest BCUT2D eigenvalue weighted by atomic mass is 32.2. The Hall–Kier alpha value is -5.07. The van der Waals surface area contributed by atoms with Crippen molar-refractivity contribution in [1.82, 2.24) is 19.5 Å². The first-order valence-electron chi connectivity index (χ1n) is 13.4. The Balaban J connectivity index is 1.32. The first-order chi connectivity index (χ1) is 21.4. The van der Waals surface area contributed by atoms with Crippen LogP contribution in [0, 0.1) is 12.1 Å². The van der Waals surface area contributed by atoms with Crippen molar-refractivity contribution >= 4 is 22.3 Å². The van der Waals surface area contributed by atoms with Crippen molar-refractivity contribution < 1.29 is 55.2 Å². The highest BCUT2D eigenvalue weighted by Gasteiger charge is 2.38.